The molecular formula is C22H22O4S. The Hall–Kier alpha value is -2.40. The average Bonchev–Trinajstić information content (AvgIpc) is 3.36. The average molecular weight is 382 g/mol. The highest BCUT2D eigenvalue weighted by Gasteiger charge is 2.44. The first kappa shape index (κ1) is 18.0. The minimum Gasteiger partial charge on any atom is -0.465 e. The first-order valence-electron chi connectivity index (χ1n) is 9.27. The molecule has 2 unspecified atom stereocenters. The molecule has 2 aromatic heterocycles. The van der Waals surface area contributed by atoms with E-state index in [0.29, 0.717) is 28.9 Å². The zero-order valence-electron chi connectivity index (χ0n) is 15.7. The summed E-state index contributed by atoms with van der Waals surface area (Å²) in [4.78, 5) is 27.7. The normalized spacial score (nSPS) is 18.6. The van der Waals surface area contributed by atoms with Crippen molar-refractivity contribution in [2.45, 2.75) is 44.9 Å². The standard InChI is InChI=1S/C22H22O4S/c1-4-5-14-20(23)17-10-13(22(24)25-3)7-8-18(17)26-21(14)16-11-15(16)19-9-6-12(2)27-19/h6-10,15-16H,4-5,11H2,1-3H3. The molecule has 0 radical (unpaired) electrons. The lowest BCUT2D eigenvalue weighted by molar-refractivity contribution is 0.0601. The zero-order valence-corrected chi connectivity index (χ0v) is 16.5. The molecule has 0 bridgehead atoms. The van der Waals surface area contributed by atoms with Gasteiger partial charge in [-0.25, -0.2) is 4.79 Å². The summed E-state index contributed by atoms with van der Waals surface area (Å²) in [6, 6.07) is 9.27. The van der Waals surface area contributed by atoms with Gasteiger partial charge >= 0.3 is 5.97 Å². The second-order valence-corrected chi connectivity index (χ2v) is 8.44. The first-order valence-corrected chi connectivity index (χ1v) is 10.1. The summed E-state index contributed by atoms with van der Waals surface area (Å²) in [5, 5.41) is 0.453. The van der Waals surface area contributed by atoms with Crippen LogP contribution >= 0.6 is 11.3 Å². The van der Waals surface area contributed by atoms with E-state index in [1.165, 1.54) is 16.9 Å². The van der Waals surface area contributed by atoms with Crippen molar-refractivity contribution in [3.63, 3.8) is 0 Å². The fourth-order valence-corrected chi connectivity index (χ4v) is 4.79. The monoisotopic (exact) mass is 382 g/mol. The maximum Gasteiger partial charge on any atom is 0.337 e. The lowest BCUT2D eigenvalue weighted by atomic mass is 10.0. The number of carbonyl (C=O) groups is 1. The number of hydrogen-bond acceptors (Lipinski definition) is 5. The summed E-state index contributed by atoms with van der Waals surface area (Å²) in [5.41, 5.74) is 1.64. The lowest BCUT2D eigenvalue weighted by Crippen LogP contribution is -2.13. The molecule has 5 heteroatoms. The number of fused-ring (bicyclic) bond motifs is 1. The molecule has 1 saturated carbocycles. The highest BCUT2D eigenvalue weighted by Crippen LogP contribution is 2.57. The Morgan fingerprint density at radius 3 is 2.74 bits per heavy atom. The number of rotatable bonds is 5. The van der Waals surface area contributed by atoms with Crippen molar-refractivity contribution in [1.82, 2.24) is 0 Å². The number of carbonyl (C=O) groups excluding carboxylic acids is 1. The molecule has 1 aliphatic rings. The molecule has 0 aliphatic heterocycles. The molecule has 4 rings (SSSR count). The van der Waals surface area contributed by atoms with Gasteiger partial charge < -0.3 is 9.15 Å². The third kappa shape index (κ3) is 3.21. The van der Waals surface area contributed by atoms with Crippen LogP contribution in [0.1, 0.15) is 63.0 Å². The number of hydrogen-bond donors (Lipinski definition) is 0. The van der Waals surface area contributed by atoms with E-state index in [9.17, 15) is 9.59 Å². The van der Waals surface area contributed by atoms with E-state index in [1.54, 1.807) is 18.2 Å². The second-order valence-electron chi connectivity index (χ2n) is 7.12. The smallest absolute Gasteiger partial charge is 0.337 e. The zero-order chi connectivity index (χ0) is 19.1. The molecular weight excluding hydrogens is 360 g/mol. The fraction of sp³-hybridized carbons (Fsp3) is 0.364. The van der Waals surface area contributed by atoms with Crippen LogP contribution in [0.3, 0.4) is 0 Å². The first-order chi connectivity index (χ1) is 13.0. The minimum atomic E-state index is -0.451. The third-order valence-electron chi connectivity index (χ3n) is 5.19. The Morgan fingerprint density at radius 2 is 2.07 bits per heavy atom. The van der Waals surface area contributed by atoms with Crippen molar-refractivity contribution in [2.75, 3.05) is 7.11 Å². The Labute approximate surface area is 161 Å². The summed E-state index contributed by atoms with van der Waals surface area (Å²) < 4.78 is 11.0. The molecule has 4 nitrogen and oxygen atoms in total. The van der Waals surface area contributed by atoms with E-state index in [4.69, 9.17) is 9.15 Å². The molecule has 2 atom stereocenters. The van der Waals surface area contributed by atoms with Crippen molar-refractivity contribution in [3.05, 3.63) is 67.2 Å². The maximum absolute atomic E-state index is 13.2. The molecule has 2 heterocycles. The van der Waals surface area contributed by atoms with Gasteiger partial charge in [-0.2, -0.15) is 0 Å². The number of benzene rings is 1. The van der Waals surface area contributed by atoms with Gasteiger partial charge in [0.1, 0.15) is 11.3 Å². The third-order valence-corrected chi connectivity index (χ3v) is 6.32. The molecule has 140 valence electrons. The van der Waals surface area contributed by atoms with Gasteiger partial charge in [0, 0.05) is 27.2 Å². The highest BCUT2D eigenvalue weighted by atomic mass is 32.1. The van der Waals surface area contributed by atoms with Crippen molar-refractivity contribution in [3.8, 4) is 0 Å². The summed E-state index contributed by atoms with van der Waals surface area (Å²) in [5.74, 6) is 1.08. The lowest BCUT2D eigenvalue weighted by Gasteiger charge is -2.10. The van der Waals surface area contributed by atoms with Crippen molar-refractivity contribution in [2.24, 2.45) is 0 Å². The van der Waals surface area contributed by atoms with E-state index >= 15 is 0 Å². The van der Waals surface area contributed by atoms with Gasteiger partial charge in [-0.15, -0.1) is 11.3 Å². The van der Waals surface area contributed by atoms with Crippen LogP contribution in [0, 0.1) is 6.92 Å². The molecule has 3 aromatic rings. The van der Waals surface area contributed by atoms with Crippen LogP contribution in [0.5, 0.6) is 0 Å². The summed E-state index contributed by atoms with van der Waals surface area (Å²) in [6.07, 6.45) is 2.57. The van der Waals surface area contributed by atoms with E-state index in [2.05, 4.69) is 26.0 Å². The van der Waals surface area contributed by atoms with Crippen LogP contribution in [0.4, 0.5) is 0 Å². The minimum absolute atomic E-state index is 0.0214. The van der Waals surface area contributed by atoms with Crippen molar-refractivity contribution >= 4 is 28.3 Å². The van der Waals surface area contributed by atoms with Crippen molar-refractivity contribution < 1.29 is 13.9 Å². The molecule has 0 saturated heterocycles. The van der Waals surface area contributed by atoms with Crippen LogP contribution in [-0.2, 0) is 11.2 Å². The van der Waals surface area contributed by atoms with E-state index in [-0.39, 0.29) is 11.3 Å². The SMILES string of the molecule is CCCc1c(C2CC2c2ccc(C)s2)oc2ccc(C(=O)OC)cc2c1=O. The fourth-order valence-electron chi connectivity index (χ4n) is 3.73. The number of esters is 1. The van der Waals surface area contributed by atoms with Gasteiger partial charge in [0.05, 0.1) is 18.1 Å². The molecule has 0 spiro atoms. The largest absolute Gasteiger partial charge is 0.465 e. The maximum atomic E-state index is 13.2. The van der Waals surface area contributed by atoms with Crippen LogP contribution < -0.4 is 5.43 Å². The molecule has 0 N–H and O–H groups in total. The Bertz CT molecular complexity index is 1080. The van der Waals surface area contributed by atoms with Crippen LogP contribution in [0.15, 0.2) is 39.5 Å². The molecule has 1 aromatic carbocycles. The summed E-state index contributed by atoms with van der Waals surface area (Å²) >= 11 is 1.82. The Morgan fingerprint density at radius 1 is 1.26 bits per heavy atom. The highest BCUT2D eigenvalue weighted by molar-refractivity contribution is 7.12. The van der Waals surface area contributed by atoms with E-state index in [0.717, 1.165) is 24.2 Å². The second kappa shape index (κ2) is 6.97. The Kier molecular flexibility index (Phi) is 4.64. The van der Waals surface area contributed by atoms with Gasteiger partial charge in [-0.3, -0.25) is 4.79 Å². The summed E-state index contributed by atoms with van der Waals surface area (Å²) in [6.45, 7) is 4.18. The van der Waals surface area contributed by atoms with Gasteiger partial charge in [-0.1, -0.05) is 13.3 Å². The predicted octanol–water partition coefficient (Wildman–Crippen LogP) is 5.17. The Balaban J connectivity index is 1.80. The van der Waals surface area contributed by atoms with Gasteiger partial charge in [0.2, 0.25) is 0 Å². The number of methoxy groups -OCH3 is 1. The molecule has 27 heavy (non-hydrogen) atoms. The van der Waals surface area contributed by atoms with E-state index in [1.807, 2.05) is 11.3 Å². The van der Waals surface area contributed by atoms with Crippen LogP contribution in [0.2, 0.25) is 0 Å². The molecule has 1 fully saturated rings. The molecule has 1 aliphatic carbocycles. The van der Waals surface area contributed by atoms with Crippen molar-refractivity contribution in [1.29, 1.82) is 0 Å². The predicted molar refractivity (Wildman–Crippen MR) is 107 cm³/mol. The van der Waals surface area contributed by atoms with Crippen LogP contribution in [-0.4, -0.2) is 13.1 Å². The quantitative estimate of drug-likeness (QED) is 0.571. The van der Waals surface area contributed by atoms with Gasteiger partial charge in [-0.05, 0) is 50.1 Å². The summed E-state index contributed by atoms with van der Waals surface area (Å²) in [7, 11) is 1.33. The number of ether oxygens (including phenoxy) is 1. The molecule has 0 amide bonds. The number of aryl methyl sites for hydroxylation is 1. The van der Waals surface area contributed by atoms with Crippen LogP contribution in [0.25, 0.3) is 11.0 Å². The van der Waals surface area contributed by atoms with Gasteiger partial charge in [0.25, 0.3) is 0 Å². The number of thiophene rings is 1. The topological polar surface area (TPSA) is 56.5 Å². The van der Waals surface area contributed by atoms with E-state index < -0.39 is 5.97 Å². The van der Waals surface area contributed by atoms with Gasteiger partial charge in [0.15, 0.2) is 5.43 Å².